The SMILES string of the molecule is COc1ccc(C)cc1NC(=O)c1ccc(-c2ccccc2[N+](=O)[O-])o1. The highest BCUT2D eigenvalue weighted by atomic mass is 16.6. The van der Waals surface area contributed by atoms with Gasteiger partial charge in [-0.1, -0.05) is 18.2 Å². The summed E-state index contributed by atoms with van der Waals surface area (Å²) in [5.41, 5.74) is 1.70. The van der Waals surface area contributed by atoms with E-state index in [4.69, 9.17) is 9.15 Å². The molecular weight excluding hydrogens is 336 g/mol. The fourth-order valence-corrected chi connectivity index (χ4v) is 2.55. The lowest BCUT2D eigenvalue weighted by atomic mass is 10.1. The van der Waals surface area contributed by atoms with E-state index in [-0.39, 0.29) is 17.2 Å². The number of hydrogen-bond acceptors (Lipinski definition) is 5. The summed E-state index contributed by atoms with van der Waals surface area (Å²) < 4.78 is 10.8. The number of carbonyl (C=O) groups is 1. The van der Waals surface area contributed by atoms with Crippen LogP contribution in [0.4, 0.5) is 11.4 Å². The topological polar surface area (TPSA) is 94.6 Å². The first-order valence-corrected chi connectivity index (χ1v) is 7.79. The van der Waals surface area contributed by atoms with Crippen LogP contribution in [0.25, 0.3) is 11.3 Å². The second-order valence-corrected chi connectivity index (χ2v) is 5.60. The third-order valence-electron chi connectivity index (χ3n) is 3.80. The Morgan fingerprint density at radius 1 is 1.15 bits per heavy atom. The lowest BCUT2D eigenvalue weighted by Crippen LogP contribution is -2.11. The van der Waals surface area contributed by atoms with Crippen molar-refractivity contribution >= 4 is 17.3 Å². The number of ether oxygens (including phenoxy) is 1. The molecular formula is C19H16N2O5. The Morgan fingerprint density at radius 2 is 1.92 bits per heavy atom. The number of nitro benzene ring substituents is 1. The van der Waals surface area contributed by atoms with Gasteiger partial charge in [0.05, 0.1) is 23.3 Å². The number of methoxy groups -OCH3 is 1. The normalized spacial score (nSPS) is 10.4. The number of nitro groups is 1. The lowest BCUT2D eigenvalue weighted by Gasteiger charge is -2.10. The summed E-state index contributed by atoms with van der Waals surface area (Å²) in [6.07, 6.45) is 0. The number of carbonyl (C=O) groups excluding carboxylic acids is 1. The second kappa shape index (κ2) is 7.10. The number of furan rings is 1. The number of nitrogens with one attached hydrogen (secondary N) is 1. The lowest BCUT2D eigenvalue weighted by molar-refractivity contribution is -0.384. The van der Waals surface area contributed by atoms with E-state index in [2.05, 4.69) is 5.32 Å². The first kappa shape index (κ1) is 17.2. The molecule has 1 N–H and O–H groups in total. The summed E-state index contributed by atoms with van der Waals surface area (Å²) in [4.78, 5) is 23.1. The molecule has 0 unspecified atom stereocenters. The molecule has 0 bridgehead atoms. The van der Waals surface area contributed by atoms with Crippen molar-refractivity contribution in [2.75, 3.05) is 12.4 Å². The van der Waals surface area contributed by atoms with E-state index in [1.807, 2.05) is 13.0 Å². The maximum Gasteiger partial charge on any atom is 0.291 e. The van der Waals surface area contributed by atoms with E-state index >= 15 is 0 Å². The average Bonchev–Trinajstić information content (AvgIpc) is 3.12. The molecule has 1 amide bonds. The van der Waals surface area contributed by atoms with Gasteiger partial charge in [0.1, 0.15) is 11.5 Å². The van der Waals surface area contributed by atoms with Gasteiger partial charge in [0, 0.05) is 6.07 Å². The number of para-hydroxylation sites is 1. The molecule has 3 aromatic rings. The van der Waals surface area contributed by atoms with Crippen molar-refractivity contribution in [1.29, 1.82) is 0 Å². The largest absolute Gasteiger partial charge is 0.495 e. The van der Waals surface area contributed by atoms with Gasteiger partial charge in [-0.05, 0) is 42.8 Å². The predicted molar refractivity (Wildman–Crippen MR) is 96.5 cm³/mol. The molecule has 0 aliphatic carbocycles. The van der Waals surface area contributed by atoms with E-state index in [1.165, 1.54) is 25.3 Å². The number of rotatable bonds is 5. The quantitative estimate of drug-likeness (QED) is 0.541. The smallest absolute Gasteiger partial charge is 0.291 e. The number of hydrogen-bond donors (Lipinski definition) is 1. The van der Waals surface area contributed by atoms with Gasteiger partial charge in [-0.3, -0.25) is 14.9 Å². The van der Waals surface area contributed by atoms with E-state index in [1.54, 1.807) is 30.3 Å². The fourth-order valence-electron chi connectivity index (χ4n) is 2.55. The minimum Gasteiger partial charge on any atom is -0.495 e. The van der Waals surface area contributed by atoms with Crippen LogP contribution in [0.2, 0.25) is 0 Å². The molecule has 7 heteroatoms. The first-order chi connectivity index (χ1) is 12.5. The van der Waals surface area contributed by atoms with Crippen LogP contribution in [0.1, 0.15) is 16.1 Å². The highest BCUT2D eigenvalue weighted by Crippen LogP contribution is 2.31. The van der Waals surface area contributed by atoms with Crippen LogP contribution in [0.3, 0.4) is 0 Å². The molecule has 26 heavy (non-hydrogen) atoms. The summed E-state index contributed by atoms with van der Waals surface area (Å²) in [5, 5.41) is 13.9. The standard InChI is InChI=1S/C19H16N2O5/c1-12-7-8-17(25-2)14(11-12)20-19(22)18-10-9-16(26-18)13-5-3-4-6-15(13)21(23)24/h3-11H,1-2H3,(H,20,22). The Labute approximate surface area is 149 Å². The van der Waals surface area contributed by atoms with E-state index in [0.717, 1.165) is 5.56 Å². The van der Waals surface area contributed by atoms with Crippen LogP contribution in [-0.4, -0.2) is 17.9 Å². The average molecular weight is 352 g/mol. The minimum absolute atomic E-state index is 0.0433. The highest BCUT2D eigenvalue weighted by Gasteiger charge is 2.20. The zero-order valence-corrected chi connectivity index (χ0v) is 14.2. The van der Waals surface area contributed by atoms with Gasteiger partial charge in [0.25, 0.3) is 11.6 Å². The number of aryl methyl sites for hydroxylation is 1. The first-order valence-electron chi connectivity index (χ1n) is 7.79. The molecule has 0 aliphatic heterocycles. The molecule has 0 radical (unpaired) electrons. The van der Waals surface area contributed by atoms with E-state index in [0.29, 0.717) is 17.0 Å². The molecule has 0 spiro atoms. The van der Waals surface area contributed by atoms with Crippen molar-refractivity contribution in [2.24, 2.45) is 0 Å². The van der Waals surface area contributed by atoms with Crippen molar-refractivity contribution in [3.63, 3.8) is 0 Å². The van der Waals surface area contributed by atoms with Crippen LogP contribution < -0.4 is 10.1 Å². The summed E-state index contributed by atoms with van der Waals surface area (Å²) in [5.74, 6) is 0.341. The van der Waals surface area contributed by atoms with Gasteiger partial charge < -0.3 is 14.5 Å². The van der Waals surface area contributed by atoms with Gasteiger partial charge in [-0.15, -0.1) is 0 Å². The third kappa shape index (κ3) is 3.41. The summed E-state index contributed by atoms with van der Waals surface area (Å²) in [7, 11) is 1.51. The molecule has 1 heterocycles. The van der Waals surface area contributed by atoms with E-state index < -0.39 is 10.8 Å². The Hall–Kier alpha value is -3.61. The Morgan fingerprint density at radius 3 is 2.65 bits per heavy atom. The number of anilines is 1. The Bertz CT molecular complexity index is 978. The molecule has 0 aliphatic rings. The predicted octanol–water partition coefficient (Wildman–Crippen LogP) is 4.42. The van der Waals surface area contributed by atoms with Crippen LogP contribution in [0, 0.1) is 17.0 Å². The Kier molecular flexibility index (Phi) is 4.70. The molecule has 132 valence electrons. The molecule has 1 aromatic heterocycles. The second-order valence-electron chi connectivity index (χ2n) is 5.60. The zero-order chi connectivity index (χ0) is 18.7. The maximum atomic E-state index is 12.5. The number of benzene rings is 2. The molecule has 2 aromatic carbocycles. The summed E-state index contributed by atoms with van der Waals surface area (Å²) >= 11 is 0. The molecule has 0 saturated heterocycles. The molecule has 3 rings (SSSR count). The van der Waals surface area contributed by atoms with Crippen LogP contribution in [-0.2, 0) is 0 Å². The maximum absolute atomic E-state index is 12.5. The molecule has 0 atom stereocenters. The molecule has 0 saturated carbocycles. The van der Waals surface area contributed by atoms with Gasteiger partial charge in [0.2, 0.25) is 0 Å². The van der Waals surface area contributed by atoms with Gasteiger partial charge in [-0.25, -0.2) is 0 Å². The van der Waals surface area contributed by atoms with Crippen molar-refractivity contribution in [1.82, 2.24) is 0 Å². The summed E-state index contributed by atoms with van der Waals surface area (Å²) in [6, 6.07) is 14.6. The van der Waals surface area contributed by atoms with Gasteiger partial charge in [-0.2, -0.15) is 0 Å². The fraction of sp³-hybridized carbons (Fsp3) is 0.105. The van der Waals surface area contributed by atoms with Crippen LogP contribution >= 0.6 is 0 Å². The van der Waals surface area contributed by atoms with Crippen molar-refractivity contribution in [3.8, 4) is 17.1 Å². The zero-order valence-electron chi connectivity index (χ0n) is 14.2. The van der Waals surface area contributed by atoms with Gasteiger partial charge >= 0.3 is 0 Å². The van der Waals surface area contributed by atoms with Crippen LogP contribution in [0.15, 0.2) is 59.0 Å². The monoisotopic (exact) mass is 352 g/mol. The van der Waals surface area contributed by atoms with E-state index in [9.17, 15) is 14.9 Å². The summed E-state index contributed by atoms with van der Waals surface area (Å²) in [6.45, 7) is 1.90. The highest BCUT2D eigenvalue weighted by molar-refractivity contribution is 6.03. The number of amides is 1. The van der Waals surface area contributed by atoms with Crippen molar-refractivity contribution in [2.45, 2.75) is 6.92 Å². The van der Waals surface area contributed by atoms with Crippen LogP contribution in [0.5, 0.6) is 5.75 Å². The van der Waals surface area contributed by atoms with Gasteiger partial charge in [0.15, 0.2) is 5.76 Å². The van der Waals surface area contributed by atoms with Crippen molar-refractivity contribution < 1.29 is 18.9 Å². The minimum atomic E-state index is -0.491. The Balaban J connectivity index is 1.88. The van der Waals surface area contributed by atoms with Crippen molar-refractivity contribution in [3.05, 3.63) is 76.0 Å². The number of nitrogens with zero attached hydrogens (tertiary/aromatic N) is 1. The molecule has 0 fully saturated rings. The third-order valence-corrected chi connectivity index (χ3v) is 3.80. The molecule has 7 nitrogen and oxygen atoms in total.